The normalized spacial score (nSPS) is 15.0. The molecule has 0 atom stereocenters. The zero-order valence-electron chi connectivity index (χ0n) is 16.6. The van der Waals surface area contributed by atoms with Crippen molar-refractivity contribution in [2.75, 3.05) is 13.1 Å². The minimum absolute atomic E-state index is 0.169. The maximum absolute atomic E-state index is 13.2. The number of pyridine rings is 1. The van der Waals surface area contributed by atoms with Gasteiger partial charge in [0.25, 0.3) is 5.91 Å². The van der Waals surface area contributed by atoms with Crippen molar-refractivity contribution in [3.05, 3.63) is 81.1 Å². The van der Waals surface area contributed by atoms with E-state index in [1.807, 2.05) is 28.5 Å². The Bertz CT molecular complexity index is 1080. The van der Waals surface area contributed by atoms with Gasteiger partial charge in [-0.05, 0) is 55.9 Å². The second kappa shape index (κ2) is 8.42. The van der Waals surface area contributed by atoms with Gasteiger partial charge in [-0.3, -0.25) is 9.59 Å². The molecule has 0 radical (unpaired) electrons. The maximum Gasteiger partial charge on any atom is 0.259 e. The summed E-state index contributed by atoms with van der Waals surface area (Å²) in [5.41, 5.74) is 2.15. The Kier molecular flexibility index (Phi) is 5.72. The molecule has 0 saturated carbocycles. The summed E-state index contributed by atoms with van der Waals surface area (Å²) >= 11 is 6.11. The summed E-state index contributed by atoms with van der Waals surface area (Å²) in [4.78, 5) is 28.0. The zero-order chi connectivity index (χ0) is 20.4. The van der Waals surface area contributed by atoms with E-state index in [9.17, 15) is 9.59 Å². The van der Waals surface area contributed by atoms with E-state index in [4.69, 9.17) is 11.6 Å². The minimum Gasteiger partial charge on any atom is -0.347 e. The average Bonchev–Trinajstić information content (AvgIpc) is 2.75. The second-order valence-corrected chi connectivity index (χ2v) is 8.18. The van der Waals surface area contributed by atoms with Gasteiger partial charge in [-0.1, -0.05) is 41.9 Å². The lowest BCUT2D eigenvalue weighted by Crippen LogP contribution is -2.41. The fourth-order valence-corrected chi connectivity index (χ4v) is 4.41. The van der Waals surface area contributed by atoms with Gasteiger partial charge in [0, 0.05) is 36.2 Å². The molecule has 1 amide bonds. The quantitative estimate of drug-likeness (QED) is 0.624. The van der Waals surface area contributed by atoms with Gasteiger partial charge in [0.15, 0.2) is 0 Å². The van der Waals surface area contributed by atoms with Crippen LogP contribution in [0.2, 0.25) is 5.02 Å². The molecule has 0 unspecified atom stereocenters. The van der Waals surface area contributed by atoms with Gasteiger partial charge in [0.2, 0.25) is 5.43 Å². The first-order chi connectivity index (χ1) is 14.1. The minimum atomic E-state index is -0.233. The first kappa shape index (κ1) is 19.7. The van der Waals surface area contributed by atoms with Crippen LogP contribution in [-0.4, -0.2) is 28.5 Å². The first-order valence-electron chi connectivity index (χ1n) is 10.2. The molecule has 1 aliphatic heterocycles. The van der Waals surface area contributed by atoms with Crippen LogP contribution in [0.1, 0.15) is 35.7 Å². The standard InChI is InChI=1S/C24H25ClN2O2/c1-2-26-16-21(23(28)20-15-19(25)8-9-22(20)26)24(29)27-12-10-18(11-13-27)14-17-6-4-3-5-7-17/h3-9,15-16,18H,2,10-14H2,1H3. The highest BCUT2D eigenvalue weighted by Gasteiger charge is 2.26. The number of fused-ring (bicyclic) bond motifs is 1. The lowest BCUT2D eigenvalue weighted by molar-refractivity contribution is 0.0688. The van der Waals surface area contributed by atoms with E-state index in [0.717, 1.165) is 24.8 Å². The molecule has 3 aromatic rings. The highest BCUT2D eigenvalue weighted by Crippen LogP contribution is 2.23. The molecule has 0 aliphatic carbocycles. The van der Waals surface area contributed by atoms with Crippen molar-refractivity contribution >= 4 is 28.4 Å². The van der Waals surface area contributed by atoms with Crippen LogP contribution in [-0.2, 0) is 13.0 Å². The van der Waals surface area contributed by atoms with E-state index >= 15 is 0 Å². The lowest BCUT2D eigenvalue weighted by atomic mass is 9.90. The third kappa shape index (κ3) is 4.08. The molecule has 0 spiro atoms. The van der Waals surface area contributed by atoms with Gasteiger partial charge in [-0.15, -0.1) is 0 Å². The number of carbonyl (C=O) groups excluding carboxylic acids is 1. The van der Waals surface area contributed by atoms with E-state index in [2.05, 4.69) is 24.3 Å². The van der Waals surface area contributed by atoms with Crippen LogP contribution in [0.5, 0.6) is 0 Å². The van der Waals surface area contributed by atoms with Crippen molar-refractivity contribution in [2.45, 2.75) is 32.7 Å². The number of likely N-dealkylation sites (tertiary alicyclic amines) is 1. The van der Waals surface area contributed by atoms with Crippen LogP contribution in [0.4, 0.5) is 0 Å². The highest BCUT2D eigenvalue weighted by atomic mass is 35.5. The van der Waals surface area contributed by atoms with Gasteiger partial charge in [0.1, 0.15) is 5.56 Å². The topological polar surface area (TPSA) is 42.3 Å². The van der Waals surface area contributed by atoms with Crippen LogP contribution < -0.4 is 5.43 Å². The van der Waals surface area contributed by atoms with Crippen LogP contribution in [0.3, 0.4) is 0 Å². The van der Waals surface area contributed by atoms with Crippen LogP contribution in [0, 0.1) is 5.92 Å². The van der Waals surface area contributed by atoms with Crippen molar-refractivity contribution in [1.29, 1.82) is 0 Å². The predicted octanol–water partition coefficient (Wildman–Crippen LogP) is 4.77. The molecule has 150 valence electrons. The number of carbonyl (C=O) groups is 1. The molecule has 5 heteroatoms. The number of rotatable bonds is 4. The Morgan fingerprint density at radius 3 is 2.52 bits per heavy atom. The SMILES string of the molecule is CCn1cc(C(=O)N2CCC(Cc3ccccc3)CC2)c(=O)c2cc(Cl)ccc21. The number of hydrogen-bond acceptors (Lipinski definition) is 2. The van der Waals surface area contributed by atoms with Crippen molar-refractivity contribution in [1.82, 2.24) is 9.47 Å². The van der Waals surface area contributed by atoms with Crippen molar-refractivity contribution in [3.63, 3.8) is 0 Å². The number of aryl methyl sites for hydroxylation is 1. The number of aromatic nitrogens is 1. The fraction of sp³-hybridized carbons (Fsp3) is 0.333. The average molecular weight is 409 g/mol. The molecule has 1 saturated heterocycles. The smallest absolute Gasteiger partial charge is 0.259 e. The third-order valence-corrected chi connectivity index (χ3v) is 6.12. The van der Waals surface area contributed by atoms with E-state index in [1.165, 1.54) is 5.56 Å². The number of benzene rings is 2. The van der Waals surface area contributed by atoms with E-state index in [0.29, 0.717) is 36.0 Å². The molecule has 1 fully saturated rings. The summed E-state index contributed by atoms with van der Waals surface area (Å²) in [6, 6.07) is 15.8. The lowest BCUT2D eigenvalue weighted by Gasteiger charge is -2.32. The molecule has 4 nitrogen and oxygen atoms in total. The van der Waals surface area contributed by atoms with Gasteiger partial charge >= 0.3 is 0 Å². The van der Waals surface area contributed by atoms with Crippen LogP contribution in [0.15, 0.2) is 59.5 Å². The fourth-order valence-electron chi connectivity index (χ4n) is 4.24. The van der Waals surface area contributed by atoms with Gasteiger partial charge in [-0.25, -0.2) is 0 Å². The molecule has 1 aliphatic rings. The van der Waals surface area contributed by atoms with Crippen molar-refractivity contribution in [3.8, 4) is 0 Å². The Hall–Kier alpha value is -2.59. The molecule has 0 bridgehead atoms. The predicted molar refractivity (Wildman–Crippen MR) is 118 cm³/mol. The third-order valence-electron chi connectivity index (χ3n) is 5.88. The molecule has 1 aromatic heterocycles. The summed E-state index contributed by atoms with van der Waals surface area (Å²) in [6.45, 7) is 4.06. The van der Waals surface area contributed by atoms with Crippen LogP contribution in [0.25, 0.3) is 10.9 Å². The maximum atomic E-state index is 13.2. The van der Waals surface area contributed by atoms with E-state index in [1.54, 1.807) is 18.3 Å². The summed E-state index contributed by atoms with van der Waals surface area (Å²) in [7, 11) is 0. The largest absolute Gasteiger partial charge is 0.347 e. The summed E-state index contributed by atoms with van der Waals surface area (Å²) in [5, 5.41) is 1.01. The number of amides is 1. The number of nitrogens with zero attached hydrogens (tertiary/aromatic N) is 2. The molecule has 4 rings (SSSR count). The molecule has 0 N–H and O–H groups in total. The Morgan fingerprint density at radius 2 is 1.83 bits per heavy atom. The number of hydrogen-bond donors (Lipinski definition) is 0. The molecule has 29 heavy (non-hydrogen) atoms. The van der Waals surface area contributed by atoms with Gasteiger partial charge in [-0.2, -0.15) is 0 Å². The van der Waals surface area contributed by atoms with Gasteiger partial charge in [0.05, 0.1) is 5.52 Å². The zero-order valence-corrected chi connectivity index (χ0v) is 17.4. The number of halogens is 1. The van der Waals surface area contributed by atoms with Crippen molar-refractivity contribution < 1.29 is 4.79 Å². The molecule has 2 aromatic carbocycles. The van der Waals surface area contributed by atoms with E-state index < -0.39 is 0 Å². The summed E-state index contributed by atoms with van der Waals surface area (Å²) in [5.74, 6) is 0.404. The first-order valence-corrected chi connectivity index (χ1v) is 10.6. The number of piperidine rings is 1. The summed E-state index contributed by atoms with van der Waals surface area (Å²) < 4.78 is 1.95. The van der Waals surface area contributed by atoms with Gasteiger partial charge < -0.3 is 9.47 Å². The van der Waals surface area contributed by atoms with E-state index in [-0.39, 0.29) is 16.9 Å². The molecular formula is C24H25ClN2O2. The monoisotopic (exact) mass is 408 g/mol. The Labute approximate surface area is 175 Å². The second-order valence-electron chi connectivity index (χ2n) is 7.74. The Balaban J connectivity index is 1.54. The molecule has 2 heterocycles. The van der Waals surface area contributed by atoms with Crippen molar-refractivity contribution in [2.24, 2.45) is 5.92 Å². The summed E-state index contributed by atoms with van der Waals surface area (Å²) in [6.07, 6.45) is 4.67. The highest BCUT2D eigenvalue weighted by molar-refractivity contribution is 6.31. The van der Waals surface area contributed by atoms with Crippen LogP contribution >= 0.6 is 11.6 Å². The Morgan fingerprint density at radius 1 is 1.10 bits per heavy atom. The molecular weight excluding hydrogens is 384 g/mol.